The number of aromatic nitrogens is 3. The highest BCUT2D eigenvalue weighted by Crippen LogP contribution is 2.25. The Morgan fingerprint density at radius 1 is 1.21 bits per heavy atom. The number of hydrogen-bond acceptors (Lipinski definition) is 3. The Morgan fingerprint density at radius 2 is 2.05 bits per heavy atom. The van der Waals surface area contributed by atoms with Crippen LogP contribution in [0.3, 0.4) is 0 Å². The average molecular weight is 318 g/mol. The Balaban J connectivity index is 2.31. The predicted octanol–water partition coefficient (Wildman–Crippen LogP) is 3.33. The fourth-order valence-electron chi connectivity index (χ4n) is 2.08. The Bertz CT molecular complexity index is 724. The first-order valence-electron chi connectivity index (χ1n) is 5.87. The van der Waals surface area contributed by atoms with Gasteiger partial charge in [0.2, 0.25) is 0 Å². The van der Waals surface area contributed by atoms with Crippen LogP contribution in [0.4, 0.5) is 0 Å². The number of rotatable bonds is 3. The molecule has 96 valence electrons. The summed E-state index contributed by atoms with van der Waals surface area (Å²) in [6, 6.07) is 11.8. The zero-order valence-corrected chi connectivity index (χ0v) is 12.0. The van der Waals surface area contributed by atoms with Gasteiger partial charge in [-0.25, -0.2) is 9.97 Å². The monoisotopic (exact) mass is 317 g/mol. The number of para-hydroxylation sites is 2. The Morgan fingerprint density at radius 3 is 2.84 bits per heavy atom. The van der Waals surface area contributed by atoms with Crippen molar-refractivity contribution in [3.05, 3.63) is 52.9 Å². The van der Waals surface area contributed by atoms with Crippen molar-refractivity contribution in [1.82, 2.24) is 14.5 Å². The van der Waals surface area contributed by atoms with Crippen LogP contribution >= 0.6 is 15.9 Å². The standard InChI is InChI=1S/C14H12BrN3O/c1-19-9-13-17-11-6-2-3-7-12(11)18(13)14-10(15)5-4-8-16-14/h2-8H,9H2,1H3. The van der Waals surface area contributed by atoms with Crippen molar-refractivity contribution in [1.29, 1.82) is 0 Å². The van der Waals surface area contributed by atoms with Crippen molar-refractivity contribution < 1.29 is 4.74 Å². The zero-order chi connectivity index (χ0) is 13.2. The maximum Gasteiger partial charge on any atom is 0.152 e. The van der Waals surface area contributed by atoms with Crippen molar-refractivity contribution in [3.8, 4) is 5.82 Å². The molecule has 4 nitrogen and oxygen atoms in total. The normalized spacial score (nSPS) is 11.1. The molecule has 0 N–H and O–H groups in total. The van der Waals surface area contributed by atoms with Crippen LogP contribution in [0.5, 0.6) is 0 Å². The summed E-state index contributed by atoms with van der Waals surface area (Å²) in [4.78, 5) is 9.03. The second-order valence-corrected chi connectivity index (χ2v) is 4.95. The summed E-state index contributed by atoms with van der Waals surface area (Å²) in [6.07, 6.45) is 1.77. The highest BCUT2D eigenvalue weighted by Gasteiger charge is 2.14. The van der Waals surface area contributed by atoms with Crippen molar-refractivity contribution in [2.45, 2.75) is 6.61 Å². The van der Waals surface area contributed by atoms with Gasteiger partial charge < -0.3 is 4.74 Å². The number of pyridine rings is 1. The lowest BCUT2D eigenvalue weighted by atomic mass is 10.3. The molecule has 1 aromatic carbocycles. The van der Waals surface area contributed by atoms with E-state index in [1.165, 1.54) is 0 Å². The van der Waals surface area contributed by atoms with Crippen LogP contribution in [0.1, 0.15) is 5.82 Å². The van der Waals surface area contributed by atoms with Gasteiger partial charge in [-0.15, -0.1) is 0 Å². The molecule has 3 rings (SSSR count). The molecule has 0 aliphatic rings. The van der Waals surface area contributed by atoms with E-state index in [1.807, 2.05) is 41.0 Å². The minimum atomic E-state index is 0.442. The van der Waals surface area contributed by atoms with Crippen molar-refractivity contribution >= 4 is 27.0 Å². The van der Waals surface area contributed by atoms with Gasteiger partial charge in [0.25, 0.3) is 0 Å². The first kappa shape index (κ1) is 12.3. The van der Waals surface area contributed by atoms with Gasteiger partial charge in [0.1, 0.15) is 12.4 Å². The number of methoxy groups -OCH3 is 1. The molecule has 19 heavy (non-hydrogen) atoms. The van der Waals surface area contributed by atoms with Gasteiger partial charge in [-0.05, 0) is 40.2 Å². The molecule has 2 aromatic heterocycles. The topological polar surface area (TPSA) is 39.9 Å². The van der Waals surface area contributed by atoms with Crippen molar-refractivity contribution in [2.75, 3.05) is 7.11 Å². The number of imidazole rings is 1. The molecule has 0 radical (unpaired) electrons. The SMILES string of the molecule is COCc1nc2ccccc2n1-c1ncccc1Br. The molecule has 0 saturated heterocycles. The van der Waals surface area contributed by atoms with Crippen molar-refractivity contribution in [3.63, 3.8) is 0 Å². The zero-order valence-electron chi connectivity index (χ0n) is 10.4. The van der Waals surface area contributed by atoms with E-state index in [0.717, 1.165) is 27.1 Å². The number of halogens is 1. The van der Waals surface area contributed by atoms with Crippen molar-refractivity contribution in [2.24, 2.45) is 0 Å². The summed E-state index contributed by atoms with van der Waals surface area (Å²) < 4.78 is 8.18. The van der Waals surface area contributed by atoms with Gasteiger partial charge in [0, 0.05) is 13.3 Å². The quantitative estimate of drug-likeness (QED) is 0.744. The molecule has 0 aliphatic heterocycles. The van der Waals surface area contributed by atoms with Crippen LogP contribution in [0.15, 0.2) is 47.1 Å². The number of nitrogens with zero attached hydrogens (tertiary/aromatic N) is 3. The van der Waals surface area contributed by atoms with Gasteiger partial charge in [0.05, 0.1) is 15.5 Å². The summed E-state index contributed by atoms with van der Waals surface area (Å²) in [6.45, 7) is 0.442. The van der Waals surface area contributed by atoms with E-state index < -0.39 is 0 Å². The molecule has 0 atom stereocenters. The number of fused-ring (bicyclic) bond motifs is 1. The van der Waals surface area contributed by atoms with E-state index in [-0.39, 0.29) is 0 Å². The van der Waals surface area contributed by atoms with Crippen LogP contribution in [0.2, 0.25) is 0 Å². The molecule has 0 fully saturated rings. The van der Waals surface area contributed by atoms with Crippen LogP contribution < -0.4 is 0 Å². The number of hydrogen-bond donors (Lipinski definition) is 0. The first-order valence-corrected chi connectivity index (χ1v) is 6.66. The average Bonchev–Trinajstić information content (AvgIpc) is 2.78. The minimum Gasteiger partial charge on any atom is -0.377 e. The third-order valence-corrected chi connectivity index (χ3v) is 3.47. The van der Waals surface area contributed by atoms with E-state index in [2.05, 4.69) is 25.9 Å². The van der Waals surface area contributed by atoms with E-state index in [0.29, 0.717) is 6.61 Å². The summed E-state index contributed by atoms with van der Waals surface area (Å²) in [7, 11) is 1.66. The third-order valence-electron chi connectivity index (χ3n) is 2.85. The Labute approximate surface area is 119 Å². The second-order valence-electron chi connectivity index (χ2n) is 4.09. The highest BCUT2D eigenvalue weighted by molar-refractivity contribution is 9.10. The predicted molar refractivity (Wildman–Crippen MR) is 77.3 cm³/mol. The summed E-state index contributed by atoms with van der Waals surface area (Å²) in [5, 5.41) is 0. The maximum absolute atomic E-state index is 5.23. The van der Waals surface area contributed by atoms with Gasteiger partial charge in [-0.1, -0.05) is 12.1 Å². The Hall–Kier alpha value is -1.72. The van der Waals surface area contributed by atoms with Crippen LogP contribution in [0.25, 0.3) is 16.9 Å². The summed E-state index contributed by atoms with van der Waals surface area (Å²) in [5.74, 6) is 1.66. The molecule has 0 saturated carbocycles. The molecule has 3 aromatic rings. The van der Waals surface area contributed by atoms with Crippen LogP contribution in [0, 0.1) is 0 Å². The van der Waals surface area contributed by atoms with Crippen LogP contribution in [-0.2, 0) is 11.3 Å². The minimum absolute atomic E-state index is 0.442. The third kappa shape index (κ3) is 2.15. The van der Waals surface area contributed by atoms with E-state index in [4.69, 9.17) is 4.74 Å². The lowest BCUT2D eigenvalue weighted by Crippen LogP contribution is -2.05. The molecular formula is C14H12BrN3O. The largest absolute Gasteiger partial charge is 0.377 e. The lowest BCUT2D eigenvalue weighted by molar-refractivity contribution is 0.177. The van der Waals surface area contributed by atoms with E-state index in [9.17, 15) is 0 Å². The fraction of sp³-hybridized carbons (Fsp3) is 0.143. The first-order chi connectivity index (χ1) is 9.31. The van der Waals surface area contributed by atoms with Gasteiger partial charge in [-0.3, -0.25) is 4.57 Å². The second kappa shape index (κ2) is 5.11. The molecule has 0 spiro atoms. The molecule has 0 bridgehead atoms. The molecule has 0 amide bonds. The molecule has 0 unspecified atom stereocenters. The van der Waals surface area contributed by atoms with Crippen LogP contribution in [-0.4, -0.2) is 21.6 Å². The van der Waals surface area contributed by atoms with E-state index >= 15 is 0 Å². The fourth-order valence-corrected chi connectivity index (χ4v) is 2.51. The smallest absolute Gasteiger partial charge is 0.152 e. The van der Waals surface area contributed by atoms with E-state index in [1.54, 1.807) is 13.3 Å². The molecule has 0 aliphatic carbocycles. The highest BCUT2D eigenvalue weighted by atomic mass is 79.9. The molecule has 5 heteroatoms. The maximum atomic E-state index is 5.23. The summed E-state index contributed by atoms with van der Waals surface area (Å²) >= 11 is 3.54. The number of benzene rings is 1. The van der Waals surface area contributed by atoms with Gasteiger partial charge >= 0.3 is 0 Å². The van der Waals surface area contributed by atoms with Gasteiger partial charge in [0.15, 0.2) is 5.82 Å². The van der Waals surface area contributed by atoms with Gasteiger partial charge in [-0.2, -0.15) is 0 Å². The lowest BCUT2D eigenvalue weighted by Gasteiger charge is -2.09. The summed E-state index contributed by atoms with van der Waals surface area (Å²) in [5.41, 5.74) is 1.96. The Kier molecular flexibility index (Phi) is 3.31. The molecule has 2 heterocycles. The molecular weight excluding hydrogens is 306 g/mol. The number of ether oxygens (including phenoxy) is 1.